The number of carbonyl (C=O) groups is 1. The highest BCUT2D eigenvalue weighted by Crippen LogP contribution is 2.33. The summed E-state index contributed by atoms with van der Waals surface area (Å²) < 4.78 is 7.23. The van der Waals surface area contributed by atoms with Gasteiger partial charge < -0.3 is 9.64 Å². The van der Waals surface area contributed by atoms with Crippen molar-refractivity contribution < 1.29 is 9.53 Å². The van der Waals surface area contributed by atoms with E-state index in [1.165, 1.54) is 0 Å². The molecule has 0 saturated carbocycles. The molecule has 1 saturated heterocycles. The predicted molar refractivity (Wildman–Crippen MR) is 108 cm³/mol. The molecule has 3 aromatic rings. The molecule has 0 aliphatic carbocycles. The van der Waals surface area contributed by atoms with Gasteiger partial charge in [0.1, 0.15) is 5.75 Å². The molecular weight excluding hydrogens is 352 g/mol. The van der Waals surface area contributed by atoms with E-state index in [0.717, 1.165) is 59.7 Å². The Bertz CT molecular complexity index is 1000. The molecule has 1 aromatic carbocycles. The normalized spacial score (nSPS) is 17.1. The molecule has 1 fully saturated rings. The van der Waals surface area contributed by atoms with Crippen LogP contribution < -0.4 is 4.74 Å². The first-order valence-corrected chi connectivity index (χ1v) is 9.77. The Morgan fingerprint density at radius 1 is 1.21 bits per heavy atom. The maximum Gasteiger partial charge on any atom is 0.254 e. The van der Waals surface area contributed by atoms with Gasteiger partial charge in [-0.05, 0) is 57.7 Å². The van der Waals surface area contributed by atoms with E-state index in [1.807, 2.05) is 60.6 Å². The molecule has 1 aliphatic heterocycles. The summed E-state index contributed by atoms with van der Waals surface area (Å²) in [5.74, 6) is 0.778. The summed E-state index contributed by atoms with van der Waals surface area (Å²) in [6.45, 7) is 6.71. The maximum absolute atomic E-state index is 13.4. The van der Waals surface area contributed by atoms with Gasteiger partial charge in [-0.2, -0.15) is 5.10 Å². The average Bonchev–Trinajstić information content (AvgIpc) is 3.10. The minimum Gasteiger partial charge on any atom is -0.496 e. The van der Waals surface area contributed by atoms with E-state index in [1.54, 1.807) is 7.11 Å². The smallest absolute Gasteiger partial charge is 0.254 e. The lowest BCUT2D eigenvalue weighted by molar-refractivity contribution is 0.0604. The van der Waals surface area contributed by atoms with Crippen molar-refractivity contribution in [2.24, 2.45) is 0 Å². The van der Waals surface area contributed by atoms with Crippen LogP contribution in [0.25, 0.3) is 5.65 Å². The van der Waals surface area contributed by atoms with E-state index in [4.69, 9.17) is 9.84 Å². The Kier molecular flexibility index (Phi) is 4.79. The van der Waals surface area contributed by atoms with Gasteiger partial charge in [-0.3, -0.25) is 4.79 Å². The largest absolute Gasteiger partial charge is 0.496 e. The van der Waals surface area contributed by atoms with Crippen molar-refractivity contribution in [1.29, 1.82) is 0 Å². The van der Waals surface area contributed by atoms with Gasteiger partial charge in [0.15, 0.2) is 5.65 Å². The van der Waals surface area contributed by atoms with Crippen molar-refractivity contribution in [2.75, 3.05) is 13.7 Å². The van der Waals surface area contributed by atoms with Crippen LogP contribution >= 0.6 is 0 Å². The van der Waals surface area contributed by atoms with Crippen molar-refractivity contribution >= 4 is 11.6 Å². The molecule has 6 heteroatoms. The highest BCUT2D eigenvalue weighted by Gasteiger charge is 2.31. The minimum atomic E-state index is -0.0332. The number of likely N-dealkylation sites (tertiary alicyclic amines) is 1. The Morgan fingerprint density at radius 2 is 2.04 bits per heavy atom. The molecule has 146 valence electrons. The number of aryl methyl sites for hydroxylation is 2. The molecule has 1 amide bonds. The van der Waals surface area contributed by atoms with E-state index in [9.17, 15) is 4.79 Å². The third kappa shape index (κ3) is 3.13. The highest BCUT2D eigenvalue weighted by molar-refractivity contribution is 5.96. The lowest BCUT2D eigenvalue weighted by Gasteiger charge is -2.35. The quantitative estimate of drug-likeness (QED) is 0.690. The van der Waals surface area contributed by atoms with Crippen LogP contribution in [0.15, 0.2) is 30.5 Å². The molecule has 6 nitrogen and oxygen atoms in total. The molecule has 0 unspecified atom stereocenters. The zero-order valence-electron chi connectivity index (χ0n) is 16.9. The molecule has 0 bridgehead atoms. The van der Waals surface area contributed by atoms with Crippen LogP contribution in [0.1, 0.15) is 58.2 Å². The van der Waals surface area contributed by atoms with Gasteiger partial charge in [0.25, 0.3) is 5.91 Å². The van der Waals surface area contributed by atoms with Crippen molar-refractivity contribution in [3.8, 4) is 5.75 Å². The van der Waals surface area contributed by atoms with Crippen LogP contribution in [0.4, 0.5) is 0 Å². The van der Waals surface area contributed by atoms with Crippen molar-refractivity contribution in [1.82, 2.24) is 19.5 Å². The second-order valence-corrected chi connectivity index (χ2v) is 7.52. The fourth-order valence-corrected chi connectivity index (χ4v) is 3.99. The van der Waals surface area contributed by atoms with E-state index < -0.39 is 0 Å². The molecule has 0 radical (unpaired) electrons. The van der Waals surface area contributed by atoms with Gasteiger partial charge in [0.05, 0.1) is 18.8 Å². The summed E-state index contributed by atoms with van der Waals surface area (Å²) in [5.41, 5.74) is 5.41. The third-order valence-corrected chi connectivity index (χ3v) is 5.74. The van der Waals surface area contributed by atoms with Crippen molar-refractivity contribution in [2.45, 2.75) is 46.1 Å². The number of hydrogen-bond acceptors (Lipinski definition) is 4. The van der Waals surface area contributed by atoms with Gasteiger partial charge in [0, 0.05) is 35.6 Å². The lowest BCUT2D eigenvalue weighted by atomic mass is 9.97. The van der Waals surface area contributed by atoms with Crippen LogP contribution in [0.3, 0.4) is 0 Å². The zero-order chi connectivity index (χ0) is 19.8. The summed E-state index contributed by atoms with van der Waals surface area (Å²) in [7, 11) is 1.63. The number of amides is 1. The monoisotopic (exact) mass is 378 g/mol. The Labute approximate surface area is 165 Å². The molecule has 0 N–H and O–H groups in total. The van der Waals surface area contributed by atoms with Crippen LogP contribution in [0.2, 0.25) is 0 Å². The molecule has 3 heterocycles. The minimum absolute atomic E-state index is 0.0332. The molecule has 2 aromatic heterocycles. The first-order valence-electron chi connectivity index (χ1n) is 9.77. The Hall–Kier alpha value is -2.89. The summed E-state index contributed by atoms with van der Waals surface area (Å²) in [6, 6.07) is 7.62. The summed E-state index contributed by atoms with van der Waals surface area (Å²) >= 11 is 0. The number of piperidine rings is 1. The third-order valence-electron chi connectivity index (χ3n) is 5.74. The topological polar surface area (TPSA) is 59.7 Å². The fourth-order valence-electron chi connectivity index (χ4n) is 3.99. The number of aromatic nitrogens is 3. The first kappa shape index (κ1) is 18.5. The van der Waals surface area contributed by atoms with Crippen LogP contribution in [0, 0.1) is 20.8 Å². The molecule has 1 atom stereocenters. The second kappa shape index (κ2) is 7.26. The van der Waals surface area contributed by atoms with E-state index in [-0.39, 0.29) is 11.9 Å². The number of methoxy groups -OCH3 is 1. The number of nitrogens with zero attached hydrogens (tertiary/aromatic N) is 4. The molecule has 4 rings (SSSR count). The van der Waals surface area contributed by atoms with Gasteiger partial charge >= 0.3 is 0 Å². The molecule has 28 heavy (non-hydrogen) atoms. The summed E-state index contributed by atoms with van der Waals surface area (Å²) in [4.78, 5) is 20.0. The maximum atomic E-state index is 13.4. The number of ether oxygens (including phenoxy) is 1. The van der Waals surface area contributed by atoms with Crippen LogP contribution in [0.5, 0.6) is 5.75 Å². The molecule has 1 aliphatic rings. The Morgan fingerprint density at radius 3 is 2.82 bits per heavy atom. The summed E-state index contributed by atoms with van der Waals surface area (Å²) in [5, 5.41) is 4.76. The highest BCUT2D eigenvalue weighted by atomic mass is 16.5. The van der Waals surface area contributed by atoms with Gasteiger partial charge in [0.2, 0.25) is 0 Å². The number of fused-ring (bicyclic) bond motifs is 1. The second-order valence-electron chi connectivity index (χ2n) is 7.52. The average molecular weight is 378 g/mol. The number of hydrogen-bond donors (Lipinski definition) is 0. The standard InChI is InChI=1S/C22H26N4O2/c1-14-13-26-21(23-16(14)3)12-18(24-26)19-9-5-6-11-25(19)22(27)17-8-7-10-20(28-4)15(17)2/h7-8,10,12-13,19H,5-6,9,11H2,1-4H3/t19-/m0/s1. The predicted octanol–water partition coefficient (Wildman–Crippen LogP) is 4.03. The van der Waals surface area contributed by atoms with Crippen molar-refractivity contribution in [3.05, 3.63) is 58.5 Å². The Balaban J connectivity index is 1.71. The van der Waals surface area contributed by atoms with Crippen molar-refractivity contribution in [3.63, 3.8) is 0 Å². The van der Waals surface area contributed by atoms with Gasteiger partial charge in [-0.25, -0.2) is 9.50 Å². The van der Waals surface area contributed by atoms with Crippen LogP contribution in [-0.4, -0.2) is 39.1 Å². The van der Waals surface area contributed by atoms with E-state index in [2.05, 4.69) is 4.98 Å². The number of rotatable bonds is 3. The number of benzene rings is 1. The first-order chi connectivity index (χ1) is 13.5. The summed E-state index contributed by atoms with van der Waals surface area (Å²) in [6.07, 6.45) is 5.01. The fraction of sp³-hybridized carbons (Fsp3) is 0.409. The van der Waals surface area contributed by atoms with E-state index >= 15 is 0 Å². The lowest BCUT2D eigenvalue weighted by Crippen LogP contribution is -2.39. The van der Waals surface area contributed by atoms with Gasteiger partial charge in [-0.15, -0.1) is 0 Å². The number of carbonyl (C=O) groups excluding carboxylic acids is 1. The van der Waals surface area contributed by atoms with E-state index in [0.29, 0.717) is 5.56 Å². The zero-order valence-corrected chi connectivity index (χ0v) is 16.9. The molecule has 0 spiro atoms. The SMILES string of the molecule is COc1cccc(C(=O)N2CCCC[C@H]2c2cc3nc(C)c(C)cn3n2)c1C. The van der Waals surface area contributed by atoms with Gasteiger partial charge in [-0.1, -0.05) is 6.07 Å². The molecular formula is C22H26N4O2. The van der Waals surface area contributed by atoms with Crippen LogP contribution in [-0.2, 0) is 0 Å².